The van der Waals surface area contributed by atoms with E-state index in [2.05, 4.69) is 36.3 Å². The summed E-state index contributed by atoms with van der Waals surface area (Å²) in [6, 6.07) is 15.4. The summed E-state index contributed by atoms with van der Waals surface area (Å²) in [5.74, 6) is 1.64. The fourth-order valence-corrected chi connectivity index (χ4v) is 3.70. The summed E-state index contributed by atoms with van der Waals surface area (Å²) in [7, 11) is 0. The molecule has 0 unspecified atom stereocenters. The van der Waals surface area contributed by atoms with Crippen molar-refractivity contribution in [3.05, 3.63) is 71.7 Å². The van der Waals surface area contributed by atoms with Crippen molar-refractivity contribution in [3.8, 4) is 11.3 Å². The number of benzene rings is 2. The number of amides is 2. The van der Waals surface area contributed by atoms with Gasteiger partial charge in [-0.2, -0.15) is 0 Å². The molecule has 174 valence electrons. The zero-order valence-electron chi connectivity index (χ0n) is 19.9. The second-order valence-electron chi connectivity index (χ2n) is 8.52. The molecule has 0 aliphatic heterocycles. The van der Waals surface area contributed by atoms with Crippen molar-refractivity contribution < 1.29 is 14.0 Å². The molecule has 0 radical (unpaired) electrons. The maximum atomic E-state index is 12.5. The number of oxazole rings is 1. The number of nitrogens with zero attached hydrogens (tertiary/aromatic N) is 2. The van der Waals surface area contributed by atoms with Crippen LogP contribution < -0.4 is 5.32 Å². The van der Waals surface area contributed by atoms with E-state index < -0.39 is 0 Å². The number of rotatable bonds is 10. The molecule has 0 spiro atoms. The van der Waals surface area contributed by atoms with Crippen molar-refractivity contribution in [1.29, 1.82) is 0 Å². The van der Waals surface area contributed by atoms with Crippen LogP contribution in [0.5, 0.6) is 0 Å². The summed E-state index contributed by atoms with van der Waals surface area (Å²) in [6.45, 7) is 9.59. The van der Waals surface area contributed by atoms with Gasteiger partial charge in [0.2, 0.25) is 5.91 Å². The number of anilines is 1. The summed E-state index contributed by atoms with van der Waals surface area (Å²) in [6.07, 6.45) is 3.38. The van der Waals surface area contributed by atoms with Crippen LogP contribution in [0.2, 0.25) is 0 Å². The Labute approximate surface area is 196 Å². The number of aromatic nitrogens is 1. The first-order chi connectivity index (χ1) is 15.9. The molecule has 6 heteroatoms. The zero-order chi connectivity index (χ0) is 23.8. The van der Waals surface area contributed by atoms with E-state index >= 15 is 0 Å². The summed E-state index contributed by atoms with van der Waals surface area (Å²) >= 11 is 0. The minimum Gasteiger partial charge on any atom is -0.441 e. The topological polar surface area (TPSA) is 75.4 Å². The molecule has 0 saturated carbocycles. The van der Waals surface area contributed by atoms with Gasteiger partial charge in [-0.25, -0.2) is 4.98 Å². The van der Waals surface area contributed by atoms with Crippen LogP contribution in [0.3, 0.4) is 0 Å². The van der Waals surface area contributed by atoms with Crippen LogP contribution in [0.1, 0.15) is 55.9 Å². The number of aryl methyl sites for hydroxylation is 1. The van der Waals surface area contributed by atoms with E-state index in [0.29, 0.717) is 48.3 Å². The van der Waals surface area contributed by atoms with Crippen molar-refractivity contribution in [2.24, 2.45) is 5.92 Å². The molecule has 0 bridgehead atoms. The third-order valence-electron chi connectivity index (χ3n) is 5.45. The predicted molar refractivity (Wildman–Crippen MR) is 131 cm³/mol. The lowest BCUT2D eigenvalue weighted by Crippen LogP contribution is -2.30. The van der Waals surface area contributed by atoms with Crippen LogP contribution in [0.15, 0.2) is 59.1 Å². The number of carbonyl (C=O) groups excluding carboxylic acids is 2. The van der Waals surface area contributed by atoms with Crippen LogP contribution in [0.4, 0.5) is 5.69 Å². The Bertz CT molecular complexity index is 1070. The highest BCUT2D eigenvalue weighted by Gasteiger charge is 2.14. The van der Waals surface area contributed by atoms with Gasteiger partial charge in [-0.3, -0.25) is 9.59 Å². The molecule has 1 heterocycles. The molecular formula is C27H33N3O3. The van der Waals surface area contributed by atoms with Gasteiger partial charge in [0.15, 0.2) is 11.7 Å². The van der Waals surface area contributed by atoms with Crippen molar-refractivity contribution in [2.45, 2.75) is 47.0 Å². The molecule has 0 aliphatic rings. The van der Waals surface area contributed by atoms with E-state index in [1.54, 1.807) is 35.4 Å². The minimum absolute atomic E-state index is 0.0411. The van der Waals surface area contributed by atoms with Crippen LogP contribution in [-0.2, 0) is 17.6 Å². The van der Waals surface area contributed by atoms with Gasteiger partial charge in [-0.05, 0) is 49.9 Å². The molecule has 33 heavy (non-hydrogen) atoms. The Morgan fingerprint density at radius 2 is 1.79 bits per heavy atom. The second kappa shape index (κ2) is 11.5. The molecule has 1 aromatic heterocycles. The Morgan fingerprint density at radius 1 is 1.06 bits per heavy atom. The van der Waals surface area contributed by atoms with E-state index in [1.807, 2.05) is 26.0 Å². The smallest absolute Gasteiger partial charge is 0.253 e. The molecule has 1 N–H and O–H groups in total. The Balaban J connectivity index is 1.55. The van der Waals surface area contributed by atoms with Gasteiger partial charge >= 0.3 is 0 Å². The molecule has 2 amide bonds. The number of hydrogen-bond donors (Lipinski definition) is 1. The van der Waals surface area contributed by atoms with Gasteiger partial charge in [0.25, 0.3) is 5.91 Å². The third-order valence-corrected chi connectivity index (χ3v) is 5.45. The monoisotopic (exact) mass is 447 g/mol. The van der Waals surface area contributed by atoms with Crippen LogP contribution >= 0.6 is 0 Å². The van der Waals surface area contributed by atoms with Crippen LogP contribution in [-0.4, -0.2) is 34.8 Å². The van der Waals surface area contributed by atoms with Crippen molar-refractivity contribution in [1.82, 2.24) is 9.88 Å². The van der Waals surface area contributed by atoms with E-state index in [1.165, 1.54) is 5.56 Å². The molecule has 0 aliphatic carbocycles. The third kappa shape index (κ3) is 6.78. The first kappa shape index (κ1) is 24.2. The van der Waals surface area contributed by atoms with Crippen LogP contribution in [0.25, 0.3) is 11.3 Å². The number of nitrogens with one attached hydrogen (secondary N) is 1. The molecule has 6 nitrogen and oxygen atoms in total. The van der Waals surface area contributed by atoms with Crippen LogP contribution in [0, 0.1) is 5.92 Å². The van der Waals surface area contributed by atoms with Gasteiger partial charge in [-0.15, -0.1) is 0 Å². The summed E-state index contributed by atoms with van der Waals surface area (Å²) < 4.78 is 5.85. The summed E-state index contributed by atoms with van der Waals surface area (Å²) in [4.78, 5) is 31.0. The normalized spacial score (nSPS) is 10.9. The maximum Gasteiger partial charge on any atom is 0.253 e. The molecule has 3 aromatic rings. The summed E-state index contributed by atoms with van der Waals surface area (Å²) in [5.41, 5.74) is 3.44. The highest BCUT2D eigenvalue weighted by molar-refractivity contribution is 5.97. The number of hydrogen-bond acceptors (Lipinski definition) is 4. The average Bonchev–Trinajstić information content (AvgIpc) is 3.28. The van der Waals surface area contributed by atoms with Gasteiger partial charge < -0.3 is 14.6 Å². The molecule has 2 aromatic carbocycles. The highest BCUT2D eigenvalue weighted by atomic mass is 16.4. The Hall–Kier alpha value is -3.41. The maximum absolute atomic E-state index is 12.5. The van der Waals surface area contributed by atoms with Gasteiger partial charge in [0.1, 0.15) is 0 Å². The Kier molecular flexibility index (Phi) is 8.41. The second-order valence-corrected chi connectivity index (χ2v) is 8.52. The van der Waals surface area contributed by atoms with Gasteiger partial charge in [-0.1, -0.05) is 44.2 Å². The van der Waals surface area contributed by atoms with Crippen molar-refractivity contribution in [2.75, 3.05) is 18.4 Å². The molecule has 3 rings (SSSR count). The molecule has 0 atom stereocenters. The lowest BCUT2D eigenvalue weighted by atomic mass is 10.0. The van der Waals surface area contributed by atoms with Crippen molar-refractivity contribution >= 4 is 17.5 Å². The first-order valence-electron chi connectivity index (χ1n) is 11.6. The molecule has 0 saturated heterocycles. The van der Waals surface area contributed by atoms with E-state index in [4.69, 9.17) is 4.42 Å². The largest absolute Gasteiger partial charge is 0.441 e. The van der Waals surface area contributed by atoms with Crippen molar-refractivity contribution in [3.63, 3.8) is 0 Å². The summed E-state index contributed by atoms with van der Waals surface area (Å²) in [5, 5.41) is 2.86. The zero-order valence-corrected chi connectivity index (χ0v) is 19.9. The van der Waals surface area contributed by atoms with Gasteiger partial charge in [0, 0.05) is 42.7 Å². The van der Waals surface area contributed by atoms with E-state index in [-0.39, 0.29) is 18.2 Å². The lowest BCUT2D eigenvalue weighted by molar-refractivity contribution is -0.116. The average molecular weight is 448 g/mol. The molecule has 0 fully saturated rings. The lowest BCUT2D eigenvalue weighted by Gasteiger charge is -2.19. The standard InChI is InChI=1S/C27H33N3O3/c1-5-30(6-2)27(32)22-8-7-9-23(17-22)29-25(31)14-15-26-28-18-24(33-26)21-12-10-20(11-13-21)16-19(3)4/h7-13,17-19H,5-6,14-16H2,1-4H3,(H,29,31). The fraction of sp³-hybridized carbons (Fsp3) is 0.370. The highest BCUT2D eigenvalue weighted by Crippen LogP contribution is 2.22. The minimum atomic E-state index is -0.153. The van der Waals surface area contributed by atoms with E-state index in [0.717, 1.165) is 12.0 Å². The first-order valence-corrected chi connectivity index (χ1v) is 11.6. The van der Waals surface area contributed by atoms with E-state index in [9.17, 15) is 9.59 Å². The SMILES string of the molecule is CCN(CC)C(=O)c1cccc(NC(=O)CCc2ncc(-c3ccc(CC(C)C)cc3)o2)c1. The number of carbonyl (C=O) groups is 2. The molecular weight excluding hydrogens is 414 g/mol. The Morgan fingerprint density at radius 3 is 2.45 bits per heavy atom. The quantitative estimate of drug-likeness (QED) is 0.439. The van der Waals surface area contributed by atoms with Gasteiger partial charge in [0.05, 0.1) is 6.20 Å². The predicted octanol–water partition coefficient (Wildman–Crippen LogP) is 5.59. The fourth-order valence-electron chi connectivity index (χ4n) is 3.70.